The van der Waals surface area contributed by atoms with Gasteiger partial charge in [0.1, 0.15) is 0 Å². The van der Waals surface area contributed by atoms with Crippen molar-refractivity contribution in [1.82, 2.24) is 10.2 Å². The topological polar surface area (TPSA) is 32.3 Å². The van der Waals surface area contributed by atoms with Gasteiger partial charge in [0.05, 0.1) is 0 Å². The second-order valence-corrected chi connectivity index (χ2v) is 5.91. The van der Waals surface area contributed by atoms with Crippen LogP contribution >= 0.6 is 0 Å². The molecule has 1 aliphatic heterocycles. The second-order valence-electron chi connectivity index (χ2n) is 5.91. The normalized spacial score (nSPS) is 25.2. The molecule has 1 heterocycles. The highest BCUT2D eigenvalue weighted by Crippen LogP contribution is 2.34. The van der Waals surface area contributed by atoms with E-state index in [-0.39, 0.29) is 0 Å². The van der Waals surface area contributed by atoms with Crippen LogP contribution in [0.1, 0.15) is 32.1 Å². The summed E-state index contributed by atoms with van der Waals surface area (Å²) in [7, 11) is 0. The number of hydrogen-bond acceptors (Lipinski definition) is 2. The van der Waals surface area contributed by atoms with Crippen LogP contribution in [0.2, 0.25) is 0 Å². The minimum Gasteiger partial charge on any atom is -0.342 e. The first-order chi connectivity index (χ1) is 7.81. The third-order valence-corrected chi connectivity index (χ3v) is 4.03. The van der Waals surface area contributed by atoms with E-state index in [2.05, 4.69) is 10.2 Å². The molecule has 1 saturated heterocycles. The summed E-state index contributed by atoms with van der Waals surface area (Å²) < 4.78 is 0. The van der Waals surface area contributed by atoms with Gasteiger partial charge in [0, 0.05) is 19.5 Å². The Morgan fingerprint density at radius 3 is 1.94 bits per heavy atom. The lowest BCUT2D eigenvalue weighted by Crippen LogP contribution is -2.46. The third kappa shape index (κ3) is 2.76. The van der Waals surface area contributed by atoms with Crippen molar-refractivity contribution in [3.63, 3.8) is 0 Å². The lowest BCUT2D eigenvalue weighted by molar-refractivity contribution is -0.133. The zero-order chi connectivity index (χ0) is 11.0. The van der Waals surface area contributed by atoms with Crippen LogP contribution in [0.15, 0.2) is 0 Å². The Morgan fingerprint density at radius 2 is 1.56 bits per heavy atom. The summed E-state index contributed by atoms with van der Waals surface area (Å²) in [5.74, 6) is 2.71. The molecule has 3 aliphatic rings. The fourth-order valence-corrected chi connectivity index (χ4v) is 2.37. The molecule has 0 spiro atoms. The first-order valence-corrected chi connectivity index (χ1v) is 6.80. The Kier molecular flexibility index (Phi) is 2.88. The van der Waals surface area contributed by atoms with Gasteiger partial charge in [-0.1, -0.05) is 0 Å². The van der Waals surface area contributed by atoms with Gasteiger partial charge >= 0.3 is 0 Å². The Hall–Kier alpha value is -0.570. The van der Waals surface area contributed by atoms with E-state index in [1.54, 1.807) is 0 Å². The van der Waals surface area contributed by atoms with Gasteiger partial charge in [0.15, 0.2) is 0 Å². The molecule has 0 aromatic rings. The summed E-state index contributed by atoms with van der Waals surface area (Å²) in [6.07, 6.45) is 6.17. The van der Waals surface area contributed by atoms with E-state index in [4.69, 9.17) is 0 Å². The van der Waals surface area contributed by atoms with Gasteiger partial charge in [-0.25, -0.2) is 0 Å². The van der Waals surface area contributed by atoms with Crippen molar-refractivity contribution in [2.75, 3.05) is 26.2 Å². The summed E-state index contributed by atoms with van der Waals surface area (Å²) >= 11 is 0. The average Bonchev–Trinajstić information content (AvgIpc) is 3.03. The van der Waals surface area contributed by atoms with Crippen LogP contribution in [-0.2, 0) is 4.79 Å². The van der Waals surface area contributed by atoms with Gasteiger partial charge in [-0.2, -0.15) is 0 Å². The van der Waals surface area contributed by atoms with Crippen molar-refractivity contribution < 1.29 is 4.79 Å². The van der Waals surface area contributed by atoms with Crippen molar-refractivity contribution in [3.05, 3.63) is 0 Å². The summed E-state index contributed by atoms with van der Waals surface area (Å²) in [5.41, 5.74) is 0. The number of carbonyl (C=O) groups excluding carboxylic acids is 1. The van der Waals surface area contributed by atoms with E-state index in [1.807, 2.05) is 0 Å². The van der Waals surface area contributed by atoms with Gasteiger partial charge in [-0.05, 0) is 56.5 Å². The van der Waals surface area contributed by atoms with Crippen LogP contribution in [-0.4, -0.2) is 37.0 Å². The largest absolute Gasteiger partial charge is 0.342 e. The summed E-state index contributed by atoms with van der Waals surface area (Å²) in [6, 6.07) is 0. The molecule has 3 rings (SSSR count). The van der Waals surface area contributed by atoms with Gasteiger partial charge in [-0.15, -0.1) is 0 Å². The third-order valence-electron chi connectivity index (χ3n) is 4.03. The number of rotatable bonds is 6. The van der Waals surface area contributed by atoms with Gasteiger partial charge < -0.3 is 10.2 Å². The Labute approximate surface area is 97.6 Å². The lowest BCUT2D eigenvalue weighted by atomic mass is 9.98. The van der Waals surface area contributed by atoms with Crippen LogP contribution in [0.25, 0.3) is 0 Å². The molecule has 3 fully saturated rings. The zero-order valence-electron chi connectivity index (χ0n) is 9.95. The van der Waals surface area contributed by atoms with Crippen LogP contribution < -0.4 is 5.32 Å². The molecule has 1 N–H and O–H groups in total. The number of nitrogens with one attached hydrogen (secondary N) is 1. The number of carbonyl (C=O) groups is 1. The predicted molar refractivity (Wildman–Crippen MR) is 63.0 cm³/mol. The first-order valence-electron chi connectivity index (χ1n) is 6.80. The molecule has 16 heavy (non-hydrogen) atoms. The summed E-state index contributed by atoms with van der Waals surface area (Å²) in [5, 5.41) is 3.24. The molecule has 3 heteroatoms. The van der Waals surface area contributed by atoms with Crippen molar-refractivity contribution in [1.29, 1.82) is 0 Å². The second kappa shape index (κ2) is 4.36. The molecule has 0 aromatic heterocycles. The Balaban J connectivity index is 1.49. The molecule has 1 amide bonds. The SMILES string of the molecule is O=C(CC1CNC1)N(CC1CC1)CC1CC1. The van der Waals surface area contributed by atoms with Gasteiger partial charge in [-0.3, -0.25) is 4.79 Å². The Morgan fingerprint density at radius 1 is 1.00 bits per heavy atom. The van der Waals surface area contributed by atoms with E-state index < -0.39 is 0 Å². The number of nitrogens with zero attached hydrogens (tertiary/aromatic N) is 1. The monoisotopic (exact) mass is 222 g/mol. The Bertz CT molecular complexity index is 253. The van der Waals surface area contributed by atoms with Crippen molar-refractivity contribution >= 4 is 5.91 Å². The van der Waals surface area contributed by atoms with Crippen LogP contribution in [0, 0.1) is 17.8 Å². The molecule has 0 bridgehead atoms. The molecular weight excluding hydrogens is 200 g/mol. The number of amides is 1. The summed E-state index contributed by atoms with van der Waals surface area (Å²) in [4.78, 5) is 14.3. The highest BCUT2D eigenvalue weighted by atomic mass is 16.2. The molecule has 0 unspecified atom stereocenters. The fraction of sp³-hybridized carbons (Fsp3) is 0.923. The van der Waals surface area contributed by atoms with E-state index in [0.717, 1.165) is 44.4 Å². The maximum Gasteiger partial charge on any atom is 0.222 e. The van der Waals surface area contributed by atoms with E-state index in [9.17, 15) is 4.79 Å². The molecule has 0 aromatic carbocycles. The van der Waals surface area contributed by atoms with Crippen LogP contribution in [0.3, 0.4) is 0 Å². The maximum atomic E-state index is 12.2. The molecule has 90 valence electrons. The van der Waals surface area contributed by atoms with Crippen molar-refractivity contribution in [3.8, 4) is 0 Å². The van der Waals surface area contributed by atoms with Crippen LogP contribution in [0.4, 0.5) is 0 Å². The smallest absolute Gasteiger partial charge is 0.222 e. The quantitative estimate of drug-likeness (QED) is 0.733. The van der Waals surface area contributed by atoms with E-state index in [0.29, 0.717) is 11.8 Å². The molecule has 0 radical (unpaired) electrons. The molecular formula is C13H22N2O. The molecule has 3 nitrogen and oxygen atoms in total. The summed E-state index contributed by atoms with van der Waals surface area (Å²) in [6.45, 7) is 4.20. The van der Waals surface area contributed by atoms with E-state index >= 15 is 0 Å². The average molecular weight is 222 g/mol. The van der Waals surface area contributed by atoms with Gasteiger partial charge in [0.2, 0.25) is 5.91 Å². The minimum atomic E-state index is 0.422. The standard InChI is InChI=1S/C13H22N2O/c16-13(5-12-6-14-7-12)15(8-10-1-2-10)9-11-3-4-11/h10-12,14H,1-9H2. The maximum absolute atomic E-state index is 12.2. The highest BCUT2D eigenvalue weighted by Gasteiger charge is 2.32. The zero-order valence-corrected chi connectivity index (χ0v) is 9.95. The predicted octanol–water partition coefficient (Wildman–Crippen LogP) is 1.24. The molecule has 2 aliphatic carbocycles. The van der Waals surface area contributed by atoms with Crippen molar-refractivity contribution in [2.24, 2.45) is 17.8 Å². The molecule has 2 saturated carbocycles. The molecule has 0 atom stereocenters. The van der Waals surface area contributed by atoms with Gasteiger partial charge in [0.25, 0.3) is 0 Å². The number of hydrogen-bond donors (Lipinski definition) is 1. The lowest BCUT2D eigenvalue weighted by Gasteiger charge is -2.30. The van der Waals surface area contributed by atoms with Crippen LogP contribution in [0.5, 0.6) is 0 Å². The minimum absolute atomic E-state index is 0.422. The highest BCUT2D eigenvalue weighted by molar-refractivity contribution is 5.76. The fourth-order valence-electron chi connectivity index (χ4n) is 2.37. The first kappa shape index (κ1) is 10.6. The van der Waals surface area contributed by atoms with Crippen molar-refractivity contribution in [2.45, 2.75) is 32.1 Å². The van der Waals surface area contributed by atoms with E-state index in [1.165, 1.54) is 25.7 Å².